The van der Waals surface area contributed by atoms with Crippen LogP contribution in [-0.4, -0.2) is 53.1 Å². The molecule has 1 aromatic rings. The number of rotatable bonds is 10. The van der Waals surface area contributed by atoms with Crippen LogP contribution < -0.4 is 5.32 Å². The van der Waals surface area contributed by atoms with E-state index in [0.717, 1.165) is 0 Å². The first-order valence-electron chi connectivity index (χ1n) is 9.96. The van der Waals surface area contributed by atoms with E-state index in [4.69, 9.17) is 4.74 Å². The maximum atomic E-state index is 12.2. The Morgan fingerprint density at radius 3 is 2.25 bits per heavy atom. The molecule has 0 bridgehead atoms. The van der Waals surface area contributed by atoms with Crippen LogP contribution >= 0.6 is 0 Å². The number of aryl methyl sites for hydroxylation is 1. The zero-order valence-electron chi connectivity index (χ0n) is 16.9. The normalized spacial score (nSPS) is 25.7. The SMILES string of the molecule is C=C(CCn1cnc([C@H]2C[C@H](OC(F)(F)F)C2)c1)NC(=O)CO[C@H]1C[C@@H](OC(F)(F)F)C1. The standard InChI is InChI=1S/C19H23F6N3O4/c1-11(27-17(29)9-30-13-6-15(7-13)32-19(23,24)25)2-3-28-8-16(26-10-28)12-4-14(5-12)31-18(20,21)22/h8,10,12-15H,1-7,9H2,(H,27,29)/t12-,13-,14-,15+. The first kappa shape index (κ1) is 24.5. The average Bonchev–Trinajstić information content (AvgIpc) is 3.04. The second kappa shape index (κ2) is 9.79. The number of imidazole rings is 1. The predicted molar refractivity (Wildman–Crippen MR) is 96.9 cm³/mol. The monoisotopic (exact) mass is 471 g/mol. The highest BCUT2D eigenvalue weighted by Crippen LogP contribution is 2.40. The number of ether oxygens (including phenoxy) is 3. The van der Waals surface area contributed by atoms with Crippen LogP contribution in [0.2, 0.25) is 0 Å². The summed E-state index contributed by atoms with van der Waals surface area (Å²) in [7, 11) is 0. The fraction of sp³-hybridized carbons (Fsp3) is 0.684. The van der Waals surface area contributed by atoms with Crippen molar-refractivity contribution in [3.63, 3.8) is 0 Å². The van der Waals surface area contributed by atoms with Gasteiger partial charge >= 0.3 is 12.7 Å². The maximum Gasteiger partial charge on any atom is 0.522 e. The molecule has 1 N–H and O–H groups in total. The summed E-state index contributed by atoms with van der Waals surface area (Å²) in [6.07, 6.45) is -7.23. The van der Waals surface area contributed by atoms with E-state index in [1.54, 1.807) is 17.1 Å². The molecule has 3 rings (SSSR count). The van der Waals surface area contributed by atoms with E-state index in [0.29, 0.717) is 24.4 Å². The highest BCUT2D eigenvalue weighted by Gasteiger charge is 2.42. The molecule has 13 heteroatoms. The number of amides is 1. The molecule has 0 spiro atoms. The zero-order valence-corrected chi connectivity index (χ0v) is 16.9. The van der Waals surface area contributed by atoms with E-state index >= 15 is 0 Å². The fourth-order valence-corrected chi connectivity index (χ4v) is 3.49. The van der Waals surface area contributed by atoms with Gasteiger partial charge in [-0.1, -0.05) is 6.58 Å². The van der Waals surface area contributed by atoms with Crippen molar-refractivity contribution in [3.8, 4) is 0 Å². The second-order valence-electron chi connectivity index (χ2n) is 7.88. The van der Waals surface area contributed by atoms with E-state index < -0.39 is 36.9 Å². The topological polar surface area (TPSA) is 74.6 Å². The van der Waals surface area contributed by atoms with E-state index in [9.17, 15) is 31.1 Å². The van der Waals surface area contributed by atoms with Crippen molar-refractivity contribution >= 4 is 5.91 Å². The molecule has 1 heterocycles. The minimum atomic E-state index is -4.68. The molecule has 0 atom stereocenters. The van der Waals surface area contributed by atoms with E-state index in [2.05, 4.69) is 26.4 Å². The summed E-state index contributed by atoms with van der Waals surface area (Å²) in [6, 6.07) is 0. The Labute approximate surface area is 179 Å². The Morgan fingerprint density at radius 2 is 1.66 bits per heavy atom. The van der Waals surface area contributed by atoms with Crippen molar-refractivity contribution in [2.75, 3.05) is 6.61 Å². The van der Waals surface area contributed by atoms with Gasteiger partial charge in [-0.15, -0.1) is 26.3 Å². The molecule has 2 aliphatic rings. The molecule has 0 saturated heterocycles. The van der Waals surface area contributed by atoms with Crippen LogP contribution in [-0.2, 0) is 25.5 Å². The number of nitrogens with one attached hydrogen (secondary N) is 1. The molecule has 0 aliphatic heterocycles. The molecule has 2 aliphatic carbocycles. The lowest BCUT2D eigenvalue weighted by Crippen LogP contribution is -2.42. The second-order valence-corrected chi connectivity index (χ2v) is 7.88. The van der Waals surface area contributed by atoms with Crippen LogP contribution in [0, 0.1) is 0 Å². The molecule has 0 aromatic carbocycles. The summed E-state index contributed by atoms with van der Waals surface area (Å²) in [4.78, 5) is 16.1. The number of allylic oxidation sites excluding steroid dienone is 1. The summed E-state index contributed by atoms with van der Waals surface area (Å²) in [5, 5.41) is 2.56. The smallest absolute Gasteiger partial charge is 0.368 e. The van der Waals surface area contributed by atoms with Crippen molar-refractivity contribution in [1.29, 1.82) is 0 Å². The lowest BCUT2D eigenvalue weighted by Gasteiger charge is -2.34. The molecule has 0 radical (unpaired) electrons. The van der Waals surface area contributed by atoms with Gasteiger partial charge in [0.25, 0.3) is 0 Å². The van der Waals surface area contributed by atoms with Crippen molar-refractivity contribution in [3.05, 3.63) is 30.5 Å². The van der Waals surface area contributed by atoms with Gasteiger partial charge in [0.15, 0.2) is 0 Å². The highest BCUT2D eigenvalue weighted by molar-refractivity contribution is 5.78. The van der Waals surface area contributed by atoms with Gasteiger partial charge in [-0.05, 0) is 12.8 Å². The largest absolute Gasteiger partial charge is 0.522 e. The van der Waals surface area contributed by atoms with Crippen LogP contribution in [0.15, 0.2) is 24.8 Å². The van der Waals surface area contributed by atoms with E-state index in [1.165, 1.54) is 0 Å². The third-order valence-corrected chi connectivity index (χ3v) is 5.26. The summed E-state index contributed by atoms with van der Waals surface area (Å²) in [6.45, 7) is 3.89. The number of alkyl halides is 6. The quantitative estimate of drug-likeness (QED) is 0.526. The van der Waals surface area contributed by atoms with Crippen LogP contribution in [0.25, 0.3) is 0 Å². The van der Waals surface area contributed by atoms with E-state index in [-0.39, 0.29) is 38.2 Å². The van der Waals surface area contributed by atoms with Gasteiger partial charge in [0, 0.05) is 43.6 Å². The van der Waals surface area contributed by atoms with Gasteiger partial charge in [0.2, 0.25) is 5.91 Å². The molecule has 7 nitrogen and oxygen atoms in total. The van der Waals surface area contributed by atoms with Crippen molar-refractivity contribution < 1.29 is 45.3 Å². The van der Waals surface area contributed by atoms with Gasteiger partial charge in [-0.3, -0.25) is 14.3 Å². The van der Waals surface area contributed by atoms with Gasteiger partial charge in [0.1, 0.15) is 6.61 Å². The summed E-state index contributed by atoms with van der Waals surface area (Å²) in [5.74, 6) is -0.553. The van der Waals surface area contributed by atoms with E-state index in [1.807, 2.05) is 0 Å². The molecule has 1 aromatic heterocycles. The first-order chi connectivity index (χ1) is 14.9. The van der Waals surface area contributed by atoms with Crippen LogP contribution in [0.5, 0.6) is 0 Å². The number of carbonyl (C=O) groups excluding carboxylic acids is 1. The molecule has 180 valence electrons. The Hall–Kier alpha value is -2.12. The predicted octanol–water partition coefficient (Wildman–Crippen LogP) is 3.77. The molecule has 1 amide bonds. The van der Waals surface area contributed by atoms with Gasteiger partial charge in [-0.2, -0.15) is 0 Å². The van der Waals surface area contributed by atoms with Gasteiger partial charge in [0.05, 0.1) is 30.3 Å². The van der Waals surface area contributed by atoms with Crippen LogP contribution in [0.4, 0.5) is 26.3 Å². The summed E-state index contributed by atoms with van der Waals surface area (Å²) < 4.78 is 87.5. The number of halogens is 6. The zero-order chi connectivity index (χ0) is 23.5. The number of nitrogens with zero attached hydrogens (tertiary/aromatic N) is 2. The molecule has 2 saturated carbocycles. The Kier molecular flexibility index (Phi) is 7.50. The van der Waals surface area contributed by atoms with Crippen molar-refractivity contribution in [1.82, 2.24) is 14.9 Å². The van der Waals surface area contributed by atoms with Crippen molar-refractivity contribution in [2.45, 2.75) is 75.6 Å². The van der Waals surface area contributed by atoms with Crippen LogP contribution in [0.1, 0.15) is 43.7 Å². The lowest BCUT2D eigenvalue weighted by atomic mass is 9.80. The van der Waals surface area contributed by atoms with Crippen molar-refractivity contribution in [2.24, 2.45) is 0 Å². The number of aromatic nitrogens is 2. The average molecular weight is 471 g/mol. The molecule has 0 unspecified atom stereocenters. The number of hydrogen-bond acceptors (Lipinski definition) is 5. The Bertz CT molecular complexity index is 798. The summed E-state index contributed by atoms with van der Waals surface area (Å²) >= 11 is 0. The lowest BCUT2D eigenvalue weighted by molar-refractivity contribution is -0.357. The Balaban J connectivity index is 1.28. The van der Waals surface area contributed by atoms with Gasteiger partial charge < -0.3 is 14.6 Å². The molecule has 32 heavy (non-hydrogen) atoms. The fourth-order valence-electron chi connectivity index (χ4n) is 3.49. The van der Waals surface area contributed by atoms with Crippen LogP contribution in [0.3, 0.4) is 0 Å². The number of carbonyl (C=O) groups is 1. The third kappa shape index (κ3) is 7.78. The molecule has 2 fully saturated rings. The minimum absolute atomic E-state index is 0.0702. The molecular formula is C19H23F6N3O4. The molecular weight excluding hydrogens is 448 g/mol. The Morgan fingerprint density at radius 1 is 1.06 bits per heavy atom. The highest BCUT2D eigenvalue weighted by atomic mass is 19.4. The van der Waals surface area contributed by atoms with Gasteiger partial charge in [-0.25, -0.2) is 4.98 Å². The maximum absolute atomic E-state index is 12.2. The third-order valence-electron chi connectivity index (χ3n) is 5.26. The number of hydrogen-bond donors (Lipinski definition) is 1. The minimum Gasteiger partial charge on any atom is -0.368 e. The first-order valence-corrected chi connectivity index (χ1v) is 9.96. The summed E-state index contributed by atoms with van der Waals surface area (Å²) in [5.41, 5.74) is 1.10.